The fraction of sp³-hybridized carbons (Fsp3) is 0.259. The summed E-state index contributed by atoms with van der Waals surface area (Å²) in [6.45, 7) is 6.96. The first-order valence-corrected chi connectivity index (χ1v) is 10.6. The average Bonchev–Trinajstić information content (AvgIpc) is 2.78. The highest BCUT2D eigenvalue weighted by Gasteiger charge is 2.13. The fourth-order valence-electron chi connectivity index (χ4n) is 3.15. The Bertz CT molecular complexity index is 1050. The molecule has 3 aromatic carbocycles. The zero-order chi connectivity index (χ0) is 23.0. The van der Waals surface area contributed by atoms with E-state index in [4.69, 9.17) is 9.47 Å². The molecule has 0 aliphatic rings. The third kappa shape index (κ3) is 6.71. The van der Waals surface area contributed by atoms with Crippen molar-refractivity contribution >= 4 is 12.1 Å². The highest BCUT2D eigenvalue weighted by Crippen LogP contribution is 2.28. The van der Waals surface area contributed by atoms with E-state index in [1.54, 1.807) is 13.3 Å². The Morgan fingerprint density at radius 3 is 2.31 bits per heavy atom. The first-order valence-electron chi connectivity index (χ1n) is 10.6. The lowest BCUT2D eigenvalue weighted by Gasteiger charge is -2.19. The molecule has 32 heavy (non-hydrogen) atoms. The van der Waals surface area contributed by atoms with Crippen molar-refractivity contribution in [3.8, 4) is 11.5 Å². The van der Waals surface area contributed by atoms with E-state index in [0.717, 1.165) is 16.7 Å². The minimum Gasteiger partial charge on any atom is -0.493 e. The van der Waals surface area contributed by atoms with Gasteiger partial charge in [-0.2, -0.15) is 5.10 Å². The van der Waals surface area contributed by atoms with Crippen LogP contribution in [0.2, 0.25) is 0 Å². The molecule has 0 spiro atoms. The van der Waals surface area contributed by atoms with Crippen molar-refractivity contribution in [3.63, 3.8) is 0 Å². The Morgan fingerprint density at radius 1 is 0.938 bits per heavy atom. The molecule has 1 amide bonds. The second-order valence-electron chi connectivity index (χ2n) is 8.60. The average molecular weight is 431 g/mol. The Hall–Kier alpha value is -3.60. The van der Waals surface area contributed by atoms with E-state index < -0.39 is 0 Å². The molecule has 0 atom stereocenters. The van der Waals surface area contributed by atoms with Gasteiger partial charge in [-0.3, -0.25) is 4.79 Å². The maximum Gasteiger partial charge on any atom is 0.244 e. The fourth-order valence-corrected chi connectivity index (χ4v) is 3.15. The van der Waals surface area contributed by atoms with Gasteiger partial charge in [0.15, 0.2) is 11.5 Å². The van der Waals surface area contributed by atoms with E-state index in [-0.39, 0.29) is 17.7 Å². The molecule has 0 saturated heterocycles. The largest absolute Gasteiger partial charge is 0.493 e. The minimum absolute atomic E-state index is 0.0915. The highest BCUT2D eigenvalue weighted by atomic mass is 16.5. The lowest BCUT2D eigenvalue weighted by atomic mass is 9.86. The topological polar surface area (TPSA) is 59.9 Å². The molecular formula is C27H30N2O3. The summed E-state index contributed by atoms with van der Waals surface area (Å²) in [6.07, 6.45) is 1.86. The molecule has 5 nitrogen and oxygen atoms in total. The van der Waals surface area contributed by atoms with Crippen LogP contribution in [0.1, 0.15) is 43.0 Å². The van der Waals surface area contributed by atoms with Crippen molar-refractivity contribution < 1.29 is 14.3 Å². The maximum atomic E-state index is 12.2. The SMILES string of the molecule is COc1cc(/C=N\NC(=O)Cc2ccc(C(C)(C)C)cc2)ccc1OCc1ccccc1. The maximum absolute atomic E-state index is 12.2. The van der Waals surface area contributed by atoms with Crippen LogP contribution in [0, 0.1) is 0 Å². The molecule has 166 valence electrons. The molecule has 0 aromatic heterocycles. The second-order valence-corrected chi connectivity index (χ2v) is 8.60. The van der Waals surface area contributed by atoms with Gasteiger partial charge in [-0.05, 0) is 45.9 Å². The van der Waals surface area contributed by atoms with Gasteiger partial charge in [0.1, 0.15) is 6.61 Å². The number of carbonyl (C=O) groups excluding carboxylic acids is 1. The van der Waals surface area contributed by atoms with Crippen molar-refractivity contribution in [2.24, 2.45) is 5.10 Å². The summed E-state index contributed by atoms with van der Waals surface area (Å²) in [4.78, 5) is 12.2. The molecule has 0 fully saturated rings. The van der Waals surface area contributed by atoms with Gasteiger partial charge in [0.2, 0.25) is 5.91 Å². The molecule has 0 aliphatic heterocycles. The van der Waals surface area contributed by atoms with Gasteiger partial charge >= 0.3 is 0 Å². The Balaban J connectivity index is 1.54. The molecule has 3 aromatic rings. The summed E-state index contributed by atoms with van der Waals surface area (Å²) in [5.74, 6) is 1.09. The standard InChI is InChI=1S/C27H30N2O3/c1-27(2,3)23-13-10-20(11-14-23)17-26(30)29-28-18-22-12-15-24(25(16-22)31-4)32-19-21-8-6-5-7-9-21/h5-16,18H,17,19H2,1-4H3,(H,29,30)/b28-18-. The summed E-state index contributed by atoms with van der Waals surface area (Å²) in [7, 11) is 1.60. The predicted molar refractivity (Wildman–Crippen MR) is 128 cm³/mol. The molecule has 0 aliphatic carbocycles. The number of ether oxygens (including phenoxy) is 2. The quantitative estimate of drug-likeness (QED) is 0.391. The molecule has 0 heterocycles. The van der Waals surface area contributed by atoms with Crippen LogP contribution in [0.3, 0.4) is 0 Å². The van der Waals surface area contributed by atoms with Crippen LogP contribution >= 0.6 is 0 Å². The number of carbonyl (C=O) groups is 1. The van der Waals surface area contributed by atoms with Crippen LogP contribution in [-0.2, 0) is 23.2 Å². The summed E-state index contributed by atoms with van der Waals surface area (Å²) in [5.41, 5.74) is 6.74. The van der Waals surface area contributed by atoms with E-state index in [0.29, 0.717) is 18.1 Å². The van der Waals surface area contributed by atoms with Gasteiger partial charge in [0.05, 0.1) is 19.7 Å². The molecule has 5 heteroatoms. The van der Waals surface area contributed by atoms with Crippen LogP contribution in [0.25, 0.3) is 0 Å². The number of hydrazone groups is 1. The highest BCUT2D eigenvalue weighted by molar-refractivity contribution is 5.84. The molecular weight excluding hydrogens is 400 g/mol. The number of nitrogens with zero attached hydrogens (tertiary/aromatic N) is 1. The predicted octanol–water partition coefficient (Wildman–Crippen LogP) is 5.26. The number of hydrogen-bond acceptors (Lipinski definition) is 4. The third-order valence-electron chi connectivity index (χ3n) is 5.01. The van der Waals surface area contributed by atoms with Crippen LogP contribution in [-0.4, -0.2) is 19.2 Å². The summed E-state index contributed by atoms with van der Waals surface area (Å²) in [6, 6.07) is 23.6. The minimum atomic E-state index is -0.167. The van der Waals surface area contributed by atoms with Crippen molar-refractivity contribution in [3.05, 3.63) is 95.1 Å². The summed E-state index contributed by atoms with van der Waals surface area (Å²) < 4.78 is 11.3. The summed E-state index contributed by atoms with van der Waals surface area (Å²) in [5, 5.41) is 4.07. The van der Waals surface area contributed by atoms with Gasteiger partial charge in [0, 0.05) is 0 Å². The van der Waals surface area contributed by atoms with E-state index in [9.17, 15) is 4.79 Å². The van der Waals surface area contributed by atoms with E-state index in [2.05, 4.69) is 43.4 Å². The van der Waals surface area contributed by atoms with Crippen LogP contribution in [0.5, 0.6) is 11.5 Å². The number of benzene rings is 3. The van der Waals surface area contributed by atoms with Crippen LogP contribution < -0.4 is 14.9 Å². The zero-order valence-corrected chi connectivity index (χ0v) is 19.1. The first kappa shape index (κ1) is 23.1. The van der Waals surface area contributed by atoms with Crippen molar-refractivity contribution in [2.75, 3.05) is 7.11 Å². The first-order chi connectivity index (χ1) is 15.3. The van der Waals surface area contributed by atoms with Crippen molar-refractivity contribution in [1.82, 2.24) is 5.43 Å². The molecule has 0 radical (unpaired) electrons. The van der Waals surface area contributed by atoms with E-state index in [1.165, 1.54) is 5.56 Å². The van der Waals surface area contributed by atoms with Crippen molar-refractivity contribution in [1.29, 1.82) is 0 Å². The number of methoxy groups -OCH3 is 1. The van der Waals surface area contributed by atoms with Gasteiger partial charge in [0.25, 0.3) is 0 Å². The van der Waals surface area contributed by atoms with Gasteiger partial charge < -0.3 is 9.47 Å². The van der Waals surface area contributed by atoms with E-state index >= 15 is 0 Å². The molecule has 0 bridgehead atoms. The number of rotatable bonds is 8. The van der Waals surface area contributed by atoms with Crippen LogP contribution in [0.15, 0.2) is 77.9 Å². The normalized spacial score (nSPS) is 11.4. The molecule has 0 unspecified atom stereocenters. The molecule has 1 N–H and O–H groups in total. The van der Waals surface area contributed by atoms with Gasteiger partial charge in [-0.15, -0.1) is 0 Å². The number of hydrogen-bond donors (Lipinski definition) is 1. The number of nitrogens with one attached hydrogen (secondary N) is 1. The lowest BCUT2D eigenvalue weighted by Crippen LogP contribution is -2.20. The van der Waals surface area contributed by atoms with Crippen molar-refractivity contribution in [2.45, 2.75) is 39.2 Å². The van der Waals surface area contributed by atoms with Gasteiger partial charge in [-0.25, -0.2) is 5.43 Å². The molecule has 0 saturated carbocycles. The summed E-state index contributed by atoms with van der Waals surface area (Å²) >= 11 is 0. The Kier molecular flexibility index (Phi) is 7.66. The Labute approximate surface area is 190 Å². The monoisotopic (exact) mass is 430 g/mol. The van der Waals surface area contributed by atoms with E-state index in [1.807, 2.05) is 60.7 Å². The van der Waals surface area contributed by atoms with Crippen LogP contribution in [0.4, 0.5) is 0 Å². The number of amides is 1. The lowest BCUT2D eigenvalue weighted by molar-refractivity contribution is -0.120. The van der Waals surface area contributed by atoms with Gasteiger partial charge in [-0.1, -0.05) is 75.4 Å². The smallest absolute Gasteiger partial charge is 0.244 e. The second kappa shape index (κ2) is 10.6. The zero-order valence-electron chi connectivity index (χ0n) is 19.1. The Morgan fingerprint density at radius 2 is 1.66 bits per heavy atom. The molecule has 3 rings (SSSR count). The third-order valence-corrected chi connectivity index (χ3v) is 5.01.